The van der Waals surface area contributed by atoms with Crippen molar-refractivity contribution in [3.05, 3.63) is 45.8 Å². The first-order valence-electron chi connectivity index (χ1n) is 9.00. The zero-order valence-electron chi connectivity index (χ0n) is 15.4. The lowest BCUT2D eigenvalue weighted by Crippen LogP contribution is -2.20. The van der Waals surface area contributed by atoms with Gasteiger partial charge in [-0.25, -0.2) is 4.79 Å². The quantitative estimate of drug-likeness (QED) is 0.425. The number of rotatable bonds is 5. The number of benzene rings is 1. The summed E-state index contributed by atoms with van der Waals surface area (Å²) in [6.07, 6.45) is 4.11. The van der Waals surface area contributed by atoms with Crippen molar-refractivity contribution in [2.45, 2.75) is 39.5 Å². The zero-order valence-corrected chi connectivity index (χ0v) is 17.0. The van der Waals surface area contributed by atoms with E-state index in [0.29, 0.717) is 22.8 Å². The molecule has 3 rings (SSSR count). The number of nitrogens with one attached hydrogen (secondary N) is 2. The summed E-state index contributed by atoms with van der Waals surface area (Å²) in [6.45, 7) is 3.68. The molecule has 2 aromatic rings. The molecule has 1 heterocycles. The van der Waals surface area contributed by atoms with Crippen molar-refractivity contribution >= 4 is 51.1 Å². The third kappa shape index (κ3) is 4.54. The number of carbonyl (C=O) groups is 2. The number of esters is 1. The number of carbonyl (C=O) groups excluding carboxylic acids is 2. The highest BCUT2D eigenvalue weighted by Crippen LogP contribution is 2.38. The van der Waals surface area contributed by atoms with Gasteiger partial charge in [0, 0.05) is 16.1 Å². The summed E-state index contributed by atoms with van der Waals surface area (Å²) < 4.78 is 5.26. The summed E-state index contributed by atoms with van der Waals surface area (Å²) in [7, 11) is 0. The van der Waals surface area contributed by atoms with Crippen LogP contribution in [0.5, 0.6) is 0 Å². The molecule has 7 heteroatoms. The maximum Gasteiger partial charge on any atom is 0.341 e. The van der Waals surface area contributed by atoms with Crippen molar-refractivity contribution in [3.63, 3.8) is 0 Å². The Morgan fingerprint density at radius 2 is 1.85 bits per heavy atom. The second-order valence-electron chi connectivity index (χ2n) is 6.35. The van der Waals surface area contributed by atoms with Gasteiger partial charge in [0.15, 0.2) is 10.9 Å². The molecule has 0 saturated heterocycles. The molecule has 5 nitrogen and oxygen atoms in total. The number of hydrogen-bond acceptors (Lipinski definition) is 5. The summed E-state index contributed by atoms with van der Waals surface area (Å²) in [5.41, 5.74) is 3.14. The van der Waals surface area contributed by atoms with Crippen LogP contribution in [0.1, 0.15) is 57.8 Å². The lowest BCUT2D eigenvalue weighted by atomic mass is 9.95. The van der Waals surface area contributed by atoms with Crippen molar-refractivity contribution in [2.24, 2.45) is 0 Å². The first kappa shape index (κ1) is 19.5. The summed E-state index contributed by atoms with van der Waals surface area (Å²) in [5, 5.41) is 7.39. The Bertz CT molecular complexity index is 872. The molecule has 0 radical (unpaired) electrons. The van der Waals surface area contributed by atoms with Gasteiger partial charge in [-0.3, -0.25) is 4.79 Å². The van der Waals surface area contributed by atoms with E-state index in [-0.39, 0.29) is 11.8 Å². The normalized spacial score (nSPS) is 12.8. The van der Waals surface area contributed by atoms with Crippen LogP contribution in [0.4, 0.5) is 10.7 Å². The molecular weight excluding hydrogens is 380 g/mol. The van der Waals surface area contributed by atoms with Gasteiger partial charge < -0.3 is 15.4 Å². The van der Waals surface area contributed by atoms with E-state index in [1.54, 1.807) is 42.5 Å². The highest BCUT2D eigenvalue weighted by atomic mass is 32.1. The van der Waals surface area contributed by atoms with E-state index in [0.717, 1.165) is 41.9 Å². The van der Waals surface area contributed by atoms with Crippen LogP contribution in [-0.2, 0) is 17.6 Å². The van der Waals surface area contributed by atoms with Gasteiger partial charge in [-0.05, 0) is 81.6 Å². The number of thiophene rings is 1. The molecule has 0 bridgehead atoms. The molecule has 1 aliphatic rings. The van der Waals surface area contributed by atoms with E-state index in [1.165, 1.54) is 11.8 Å². The Hall–Kier alpha value is -2.25. The van der Waals surface area contributed by atoms with Gasteiger partial charge in [-0.2, -0.15) is 0 Å². The third-order valence-electron chi connectivity index (χ3n) is 4.43. The fourth-order valence-corrected chi connectivity index (χ4v) is 4.69. The number of anilines is 2. The van der Waals surface area contributed by atoms with Crippen LogP contribution in [-0.4, -0.2) is 23.5 Å². The molecule has 1 aromatic heterocycles. The van der Waals surface area contributed by atoms with E-state index in [9.17, 15) is 9.59 Å². The first-order chi connectivity index (χ1) is 13.0. The summed E-state index contributed by atoms with van der Waals surface area (Å²) in [5.74, 6) is -0.279. The van der Waals surface area contributed by atoms with E-state index >= 15 is 0 Å². The lowest BCUT2D eigenvalue weighted by Gasteiger charge is -2.13. The van der Waals surface area contributed by atoms with Crippen LogP contribution >= 0.6 is 23.6 Å². The maximum atomic E-state index is 12.5. The topological polar surface area (TPSA) is 67.4 Å². The van der Waals surface area contributed by atoms with Gasteiger partial charge in [0.1, 0.15) is 5.00 Å². The zero-order chi connectivity index (χ0) is 19.4. The van der Waals surface area contributed by atoms with Gasteiger partial charge in [0.25, 0.3) is 0 Å². The highest BCUT2D eigenvalue weighted by molar-refractivity contribution is 7.80. The van der Waals surface area contributed by atoms with Crippen LogP contribution in [0.25, 0.3) is 0 Å². The number of Topliss-reactive ketones (excluding diaryl/α,β-unsaturated/α-hetero) is 1. The van der Waals surface area contributed by atoms with Crippen LogP contribution in [0.3, 0.4) is 0 Å². The molecular formula is C20H22N2O3S2. The number of ketones is 1. The number of thiocarbonyl (C=S) groups is 1. The monoisotopic (exact) mass is 402 g/mol. The molecule has 2 N–H and O–H groups in total. The van der Waals surface area contributed by atoms with E-state index in [1.807, 2.05) is 0 Å². The van der Waals surface area contributed by atoms with Crippen molar-refractivity contribution in [1.82, 2.24) is 0 Å². The predicted molar refractivity (Wildman–Crippen MR) is 113 cm³/mol. The minimum absolute atomic E-state index is 0.0190. The molecule has 0 amide bonds. The van der Waals surface area contributed by atoms with Gasteiger partial charge in [-0.15, -0.1) is 11.3 Å². The average Bonchev–Trinajstić information content (AvgIpc) is 3.00. The van der Waals surface area contributed by atoms with E-state index in [4.69, 9.17) is 17.0 Å². The first-order valence-corrected chi connectivity index (χ1v) is 10.2. The molecule has 0 aliphatic heterocycles. The summed E-state index contributed by atoms with van der Waals surface area (Å²) in [6, 6.07) is 7.11. The third-order valence-corrected chi connectivity index (χ3v) is 5.84. The van der Waals surface area contributed by atoms with Crippen molar-refractivity contribution in [3.8, 4) is 0 Å². The van der Waals surface area contributed by atoms with Crippen molar-refractivity contribution in [2.75, 3.05) is 17.2 Å². The SMILES string of the molecule is CCOC(=O)c1c(NC(=S)Nc2ccc(C(C)=O)cc2)sc2c1CCCC2. The standard InChI is InChI=1S/C20H22N2O3S2/c1-3-25-19(24)17-15-6-4-5-7-16(15)27-18(17)22-20(26)21-14-10-8-13(9-11-14)12(2)23/h8-11H,3-7H2,1-2H3,(H2,21,22,26). The second kappa shape index (κ2) is 8.63. The van der Waals surface area contributed by atoms with Gasteiger partial charge in [0.05, 0.1) is 12.2 Å². The molecule has 1 aliphatic carbocycles. The number of fused-ring (bicyclic) bond motifs is 1. The number of hydrogen-bond donors (Lipinski definition) is 2. The smallest absolute Gasteiger partial charge is 0.341 e. The van der Waals surface area contributed by atoms with Gasteiger partial charge >= 0.3 is 5.97 Å². The van der Waals surface area contributed by atoms with Crippen LogP contribution in [0.2, 0.25) is 0 Å². The predicted octanol–water partition coefficient (Wildman–Crippen LogP) is 4.82. The van der Waals surface area contributed by atoms with Crippen molar-refractivity contribution < 1.29 is 14.3 Å². The molecule has 27 heavy (non-hydrogen) atoms. The fourth-order valence-electron chi connectivity index (χ4n) is 3.13. The Morgan fingerprint density at radius 3 is 2.52 bits per heavy atom. The second-order valence-corrected chi connectivity index (χ2v) is 7.86. The molecule has 0 fully saturated rings. The van der Waals surface area contributed by atoms with E-state index < -0.39 is 0 Å². The molecule has 0 unspecified atom stereocenters. The Kier molecular flexibility index (Phi) is 6.23. The van der Waals surface area contributed by atoms with Crippen LogP contribution < -0.4 is 10.6 Å². The summed E-state index contributed by atoms with van der Waals surface area (Å²) in [4.78, 5) is 25.1. The maximum absolute atomic E-state index is 12.5. The lowest BCUT2D eigenvalue weighted by molar-refractivity contribution is 0.0526. The molecule has 0 saturated carbocycles. The van der Waals surface area contributed by atoms with E-state index in [2.05, 4.69) is 10.6 Å². The highest BCUT2D eigenvalue weighted by Gasteiger charge is 2.26. The van der Waals surface area contributed by atoms with Crippen LogP contribution in [0.15, 0.2) is 24.3 Å². The minimum Gasteiger partial charge on any atom is -0.462 e. The van der Waals surface area contributed by atoms with Crippen LogP contribution in [0, 0.1) is 0 Å². The van der Waals surface area contributed by atoms with Gasteiger partial charge in [0.2, 0.25) is 0 Å². The van der Waals surface area contributed by atoms with Gasteiger partial charge in [-0.1, -0.05) is 0 Å². The average molecular weight is 403 g/mol. The Balaban J connectivity index is 1.77. The number of aryl methyl sites for hydroxylation is 1. The molecule has 1 aromatic carbocycles. The largest absolute Gasteiger partial charge is 0.462 e. The molecule has 142 valence electrons. The number of ether oxygens (including phenoxy) is 1. The molecule has 0 atom stereocenters. The Morgan fingerprint density at radius 1 is 1.15 bits per heavy atom. The Labute approximate surface area is 168 Å². The summed E-state index contributed by atoms with van der Waals surface area (Å²) >= 11 is 7.00. The van der Waals surface area contributed by atoms with Crippen molar-refractivity contribution in [1.29, 1.82) is 0 Å². The fraction of sp³-hybridized carbons (Fsp3) is 0.350. The minimum atomic E-state index is -0.298. The molecule has 0 spiro atoms.